The maximum atomic E-state index is 13.8. The third kappa shape index (κ3) is 7.16. The first kappa shape index (κ1) is 28.3. The lowest BCUT2D eigenvalue weighted by molar-refractivity contribution is -0.139. The number of nitrogens with one attached hydrogen (secondary N) is 1. The molecule has 1 N–H and O–H groups in total. The molecule has 0 saturated heterocycles. The topological polar surface area (TPSA) is 45.2 Å². The van der Waals surface area contributed by atoms with E-state index in [0.29, 0.717) is 15.6 Å². The number of hydrogen-bond acceptors (Lipinski definition) is 3. The molecule has 3 aromatic rings. The average Bonchev–Trinajstić information content (AvgIpc) is 2.80. The second-order valence-electron chi connectivity index (χ2n) is 8.02. The molecule has 11 heteroatoms. The van der Waals surface area contributed by atoms with Gasteiger partial charge in [0.15, 0.2) is 0 Å². The van der Waals surface area contributed by atoms with Gasteiger partial charge in [-0.25, -0.2) is 4.98 Å². The van der Waals surface area contributed by atoms with E-state index in [1.54, 1.807) is 18.3 Å². The lowest BCUT2D eigenvalue weighted by Crippen LogP contribution is -2.23. The Labute approximate surface area is 230 Å². The van der Waals surface area contributed by atoms with Crippen LogP contribution in [-0.2, 0) is 6.54 Å². The molecule has 1 heterocycles. The zero-order chi connectivity index (χ0) is 26.6. The van der Waals surface area contributed by atoms with Crippen molar-refractivity contribution in [2.75, 3.05) is 19.0 Å². The number of benzene rings is 2. The Balaban J connectivity index is 1.74. The standard InChI is InChI=1S/C25H20BrCl3F3N3O/c1-35(2)22-8-5-15(12-33-22)13-34-24(36)17-6-3-14(9-19(17)26)4-7-18(25(30,31)32)16-10-20(27)23(29)21(28)11-16/h3-12,18H,13H2,1-2H3,(H,34,36). The summed E-state index contributed by atoms with van der Waals surface area (Å²) in [4.78, 5) is 18.8. The molecule has 0 spiro atoms. The van der Waals surface area contributed by atoms with Gasteiger partial charge in [-0.15, -0.1) is 0 Å². The number of pyridine rings is 1. The summed E-state index contributed by atoms with van der Waals surface area (Å²) in [7, 11) is 3.76. The van der Waals surface area contributed by atoms with Gasteiger partial charge in [-0.05, 0) is 63.0 Å². The Morgan fingerprint density at radius 3 is 2.31 bits per heavy atom. The Hall–Kier alpha value is -2.26. The van der Waals surface area contributed by atoms with Gasteiger partial charge < -0.3 is 10.2 Å². The molecule has 2 aromatic carbocycles. The molecule has 0 bridgehead atoms. The van der Waals surface area contributed by atoms with E-state index < -0.39 is 12.1 Å². The zero-order valence-electron chi connectivity index (χ0n) is 19.0. The number of carbonyl (C=O) groups is 1. The van der Waals surface area contributed by atoms with Crippen LogP contribution in [0.3, 0.4) is 0 Å². The Morgan fingerprint density at radius 2 is 1.78 bits per heavy atom. The molecule has 1 atom stereocenters. The Bertz CT molecular complexity index is 1260. The van der Waals surface area contributed by atoms with Crippen LogP contribution in [0.1, 0.15) is 33.0 Å². The monoisotopic (exact) mass is 619 g/mol. The van der Waals surface area contributed by atoms with E-state index in [9.17, 15) is 18.0 Å². The molecule has 1 amide bonds. The van der Waals surface area contributed by atoms with Gasteiger partial charge in [-0.3, -0.25) is 4.79 Å². The highest BCUT2D eigenvalue weighted by molar-refractivity contribution is 9.10. The third-order valence-corrected chi connectivity index (χ3v) is 7.01. The lowest BCUT2D eigenvalue weighted by Gasteiger charge is -2.18. The normalized spacial score (nSPS) is 12.6. The summed E-state index contributed by atoms with van der Waals surface area (Å²) in [5.41, 5.74) is 1.49. The highest BCUT2D eigenvalue weighted by Gasteiger charge is 2.39. The van der Waals surface area contributed by atoms with E-state index in [-0.39, 0.29) is 33.1 Å². The number of carbonyl (C=O) groups excluding carboxylic acids is 1. The Kier molecular flexibility index (Phi) is 9.33. The highest BCUT2D eigenvalue weighted by Crippen LogP contribution is 2.41. The summed E-state index contributed by atoms with van der Waals surface area (Å²) in [6.07, 6.45) is -0.592. The summed E-state index contributed by atoms with van der Waals surface area (Å²) >= 11 is 21.1. The number of nitrogens with zero attached hydrogens (tertiary/aromatic N) is 2. The number of anilines is 1. The van der Waals surface area contributed by atoms with Crippen LogP contribution in [0.25, 0.3) is 6.08 Å². The molecule has 36 heavy (non-hydrogen) atoms. The summed E-state index contributed by atoms with van der Waals surface area (Å²) < 4.78 is 41.7. The smallest absolute Gasteiger partial charge is 0.363 e. The largest absolute Gasteiger partial charge is 0.399 e. The van der Waals surface area contributed by atoms with Crippen LogP contribution in [0.5, 0.6) is 0 Å². The van der Waals surface area contributed by atoms with E-state index in [4.69, 9.17) is 34.8 Å². The minimum absolute atomic E-state index is 0.00776. The van der Waals surface area contributed by atoms with Crippen LogP contribution >= 0.6 is 50.7 Å². The Morgan fingerprint density at radius 1 is 1.11 bits per heavy atom. The van der Waals surface area contributed by atoms with Crippen molar-refractivity contribution in [3.05, 3.63) is 96.5 Å². The predicted octanol–water partition coefficient (Wildman–Crippen LogP) is 8.16. The van der Waals surface area contributed by atoms with Crippen LogP contribution in [0.4, 0.5) is 19.0 Å². The number of rotatable bonds is 7. The van der Waals surface area contributed by atoms with Crippen molar-refractivity contribution in [1.29, 1.82) is 0 Å². The molecule has 3 rings (SSSR count). The van der Waals surface area contributed by atoms with E-state index >= 15 is 0 Å². The maximum Gasteiger partial charge on any atom is 0.399 e. The highest BCUT2D eigenvalue weighted by atomic mass is 79.9. The molecule has 0 fully saturated rings. The van der Waals surface area contributed by atoms with E-state index in [0.717, 1.165) is 29.6 Å². The minimum Gasteiger partial charge on any atom is -0.363 e. The number of alkyl halides is 3. The van der Waals surface area contributed by atoms with Crippen LogP contribution in [0, 0.1) is 0 Å². The fraction of sp³-hybridized carbons (Fsp3) is 0.200. The zero-order valence-corrected chi connectivity index (χ0v) is 22.9. The molecule has 0 aliphatic heterocycles. The SMILES string of the molecule is CN(C)c1ccc(CNC(=O)c2ccc(C=CC(c3cc(Cl)c(Cl)c(Cl)c3)C(F)(F)F)cc2Br)cn1. The minimum atomic E-state index is -4.59. The molecule has 0 saturated carbocycles. The summed E-state index contributed by atoms with van der Waals surface area (Å²) in [5, 5.41) is 2.67. The van der Waals surface area contributed by atoms with Crippen LogP contribution in [0.15, 0.2) is 59.2 Å². The van der Waals surface area contributed by atoms with Crippen LogP contribution in [0.2, 0.25) is 15.1 Å². The third-order valence-electron chi connectivity index (χ3n) is 5.16. The summed E-state index contributed by atoms with van der Waals surface area (Å²) in [5.74, 6) is -1.50. The van der Waals surface area contributed by atoms with Crippen molar-refractivity contribution in [2.24, 2.45) is 0 Å². The van der Waals surface area contributed by atoms with E-state index in [2.05, 4.69) is 26.2 Å². The predicted molar refractivity (Wildman–Crippen MR) is 143 cm³/mol. The first-order valence-corrected chi connectivity index (χ1v) is 12.4. The fourth-order valence-corrected chi connectivity index (χ4v) is 4.44. The van der Waals surface area contributed by atoms with Crippen LogP contribution in [-0.4, -0.2) is 31.2 Å². The second-order valence-corrected chi connectivity index (χ2v) is 10.1. The number of aromatic nitrogens is 1. The van der Waals surface area contributed by atoms with Gasteiger partial charge in [0.25, 0.3) is 5.91 Å². The molecule has 1 unspecified atom stereocenters. The van der Waals surface area contributed by atoms with Crippen molar-refractivity contribution in [1.82, 2.24) is 10.3 Å². The van der Waals surface area contributed by atoms with Crippen molar-refractivity contribution >= 4 is 68.5 Å². The number of hydrogen-bond donors (Lipinski definition) is 1. The molecular weight excluding hydrogens is 602 g/mol. The first-order valence-electron chi connectivity index (χ1n) is 10.5. The van der Waals surface area contributed by atoms with Crippen molar-refractivity contribution < 1.29 is 18.0 Å². The first-order chi connectivity index (χ1) is 16.9. The van der Waals surface area contributed by atoms with Crippen molar-refractivity contribution in [2.45, 2.75) is 18.6 Å². The molecule has 0 aliphatic rings. The molecule has 190 valence electrons. The van der Waals surface area contributed by atoms with Gasteiger partial charge in [0, 0.05) is 31.3 Å². The quantitative estimate of drug-likeness (QED) is 0.271. The summed E-state index contributed by atoms with van der Waals surface area (Å²) in [6.45, 7) is 0.271. The van der Waals surface area contributed by atoms with Gasteiger partial charge in [0.2, 0.25) is 0 Å². The molecule has 1 aromatic heterocycles. The van der Waals surface area contributed by atoms with Gasteiger partial charge >= 0.3 is 6.18 Å². The summed E-state index contributed by atoms with van der Waals surface area (Å²) in [6, 6.07) is 10.6. The molecule has 0 aliphatic carbocycles. The number of allylic oxidation sites excluding steroid dienone is 1. The van der Waals surface area contributed by atoms with E-state index in [1.807, 2.05) is 31.1 Å². The van der Waals surface area contributed by atoms with Crippen molar-refractivity contribution in [3.63, 3.8) is 0 Å². The lowest BCUT2D eigenvalue weighted by atomic mass is 9.97. The van der Waals surface area contributed by atoms with Gasteiger partial charge in [0.1, 0.15) is 5.82 Å². The van der Waals surface area contributed by atoms with Crippen LogP contribution < -0.4 is 10.2 Å². The number of amides is 1. The van der Waals surface area contributed by atoms with Gasteiger partial charge in [0.05, 0.1) is 26.5 Å². The van der Waals surface area contributed by atoms with E-state index in [1.165, 1.54) is 12.1 Å². The fourth-order valence-electron chi connectivity index (χ4n) is 3.25. The second kappa shape index (κ2) is 11.9. The molecular formula is C25H20BrCl3F3N3O. The van der Waals surface area contributed by atoms with Gasteiger partial charge in [-0.2, -0.15) is 13.2 Å². The van der Waals surface area contributed by atoms with Crippen molar-refractivity contribution in [3.8, 4) is 0 Å². The maximum absolute atomic E-state index is 13.8. The molecule has 4 nitrogen and oxygen atoms in total. The molecule has 0 radical (unpaired) electrons. The van der Waals surface area contributed by atoms with Gasteiger partial charge in [-0.1, -0.05) is 59.1 Å². The average molecular weight is 622 g/mol. The number of halogens is 7.